The number of ether oxygens (including phenoxy) is 1. The van der Waals surface area contributed by atoms with Crippen molar-refractivity contribution in [2.24, 2.45) is 0 Å². The van der Waals surface area contributed by atoms with Gasteiger partial charge in [-0.2, -0.15) is 0 Å². The van der Waals surface area contributed by atoms with Gasteiger partial charge in [-0.25, -0.2) is 0 Å². The highest BCUT2D eigenvalue weighted by Gasteiger charge is 2.39. The van der Waals surface area contributed by atoms with Crippen molar-refractivity contribution in [1.29, 1.82) is 0 Å². The van der Waals surface area contributed by atoms with Crippen LogP contribution in [0.4, 0.5) is 0 Å². The van der Waals surface area contributed by atoms with Crippen LogP contribution in [0.5, 0.6) is 0 Å². The van der Waals surface area contributed by atoms with Gasteiger partial charge in [-0.3, -0.25) is 4.79 Å². The van der Waals surface area contributed by atoms with E-state index in [9.17, 15) is 9.90 Å². The van der Waals surface area contributed by atoms with Gasteiger partial charge in [0.1, 0.15) is 16.1 Å². The maximum absolute atomic E-state index is 12.5. The first-order chi connectivity index (χ1) is 22.3. The molecule has 0 rings (SSSR count). The third-order valence-corrected chi connectivity index (χ3v) is 14.7. The third-order valence-electron chi connectivity index (χ3n) is 8.83. The van der Waals surface area contributed by atoms with Crippen LogP contribution in [0.15, 0.2) is 0 Å². The number of hydrogen-bond donors (Lipinski definition) is 2. The molecule has 4 atom stereocenters. The second kappa shape index (κ2) is 32.6. The molecule has 0 fully saturated rings. The van der Waals surface area contributed by atoms with E-state index in [-0.39, 0.29) is 22.6 Å². The summed E-state index contributed by atoms with van der Waals surface area (Å²) in [5.41, 5.74) is 0. The molecule has 4 unspecified atom stereocenters. The van der Waals surface area contributed by atoms with Crippen LogP contribution in [0.3, 0.4) is 0 Å². The van der Waals surface area contributed by atoms with Crippen LogP contribution in [-0.2, 0) is 9.53 Å². The summed E-state index contributed by atoms with van der Waals surface area (Å²) in [6, 6.07) is 0. The highest BCUT2D eigenvalue weighted by molar-refractivity contribution is 8.34. The smallest absolute Gasteiger partial charge is 0.305 e. The molecule has 46 heavy (non-hydrogen) atoms. The van der Waals surface area contributed by atoms with Gasteiger partial charge in [-0.1, -0.05) is 138 Å². The average molecular weight is 707 g/mol. The van der Waals surface area contributed by atoms with Crippen molar-refractivity contribution in [3.8, 4) is 0 Å². The third kappa shape index (κ3) is 25.4. The minimum Gasteiger partial charge on any atom is -0.463 e. The number of thioether (sulfide) groups is 3. The molecule has 0 aliphatic rings. The Hall–Kier alpha value is 0.440. The van der Waals surface area contributed by atoms with Gasteiger partial charge in [0, 0.05) is 22.2 Å². The van der Waals surface area contributed by atoms with E-state index >= 15 is 0 Å². The lowest BCUT2D eigenvalue weighted by atomic mass is 10.1. The molecule has 0 amide bonds. The van der Waals surface area contributed by atoms with Gasteiger partial charge < -0.3 is 14.9 Å². The van der Waals surface area contributed by atoms with Crippen molar-refractivity contribution in [3.63, 3.8) is 0 Å². The van der Waals surface area contributed by atoms with Crippen molar-refractivity contribution >= 4 is 41.3 Å². The number of hydrogen-bond acceptors (Lipinski definition) is 7. The Kier molecular flexibility index (Phi) is 32.9. The largest absolute Gasteiger partial charge is 0.463 e. The number of unbranched alkanes of at least 4 members (excludes halogenated alkanes) is 10. The van der Waals surface area contributed by atoms with Crippen LogP contribution in [0.2, 0.25) is 0 Å². The van der Waals surface area contributed by atoms with Crippen molar-refractivity contribution in [2.45, 2.75) is 227 Å². The van der Waals surface area contributed by atoms with Gasteiger partial charge in [-0.05, 0) is 57.8 Å². The Balaban J connectivity index is 6.38. The van der Waals surface area contributed by atoms with E-state index in [2.05, 4.69) is 76.8 Å². The number of aliphatic hydroxyl groups is 2. The molecule has 0 heterocycles. The fourth-order valence-corrected chi connectivity index (χ4v) is 13.0. The zero-order chi connectivity index (χ0) is 34.3. The first-order valence-electron chi connectivity index (χ1n) is 19.8. The number of aliphatic hydroxyl groups excluding tert-OH is 2. The van der Waals surface area contributed by atoms with E-state index in [0.29, 0.717) is 22.2 Å². The van der Waals surface area contributed by atoms with Crippen LogP contribution >= 0.6 is 35.3 Å². The average Bonchev–Trinajstić information content (AvgIpc) is 3.05. The molecular formula is C39H78O4S3. The molecule has 0 aliphatic carbocycles. The highest BCUT2D eigenvalue weighted by Crippen LogP contribution is 2.58. The Bertz CT molecular complexity index is 605. The standard InChI is InChI=1S/C39H78O4S3/c1-7-13-19-27-35(24-16-10-4)44-39(45-36(25-17-11-5)28-20-14-8-2,46-37(26-18-12-6)29-21-15-9-3)31-23-22-30-38(42)43-33-34(41)32-40/h34-37,40-41H,7-33H2,1-6H3. The lowest BCUT2D eigenvalue weighted by Crippen LogP contribution is -2.28. The van der Waals surface area contributed by atoms with Crippen LogP contribution < -0.4 is 0 Å². The number of carbonyl (C=O) groups excluding carboxylic acids is 1. The topological polar surface area (TPSA) is 66.8 Å². The van der Waals surface area contributed by atoms with E-state index < -0.39 is 6.10 Å². The summed E-state index contributed by atoms with van der Waals surface area (Å²) in [6.45, 7) is 13.5. The quantitative estimate of drug-likeness (QED) is 0.0386. The monoisotopic (exact) mass is 707 g/mol. The number of rotatable bonds is 35. The maximum atomic E-state index is 12.5. The Morgan fingerprint density at radius 2 is 0.935 bits per heavy atom. The summed E-state index contributed by atoms with van der Waals surface area (Å²) >= 11 is 7.06. The van der Waals surface area contributed by atoms with E-state index in [1.165, 1.54) is 135 Å². The second-order valence-corrected chi connectivity index (χ2v) is 19.1. The summed E-state index contributed by atoms with van der Waals surface area (Å²) in [6.07, 6.45) is 29.8. The predicted molar refractivity (Wildman–Crippen MR) is 210 cm³/mol. The molecule has 4 nitrogen and oxygen atoms in total. The summed E-state index contributed by atoms with van der Waals surface area (Å²) in [5.74, 6) is -0.257. The summed E-state index contributed by atoms with van der Waals surface area (Å²) in [5, 5.41) is 20.8. The summed E-state index contributed by atoms with van der Waals surface area (Å²) in [7, 11) is 0. The maximum Gasteiger partial charge on any atom is 0.305 e. The molecule has 276 valence electrons. The highest BCUT2D eigenvalue weighted by atomic mass is 32.3. The first kappa shape index (κ1) is 46.4. The fourth-order valence-electron chi connectivity index (χ4n) is 5.89. The van der Waals surface area contributed by atoms with Crippen LogP contribution in [0.1, 0.15) is 202 Å². The lowest BCUT2D eigenvalue weighted by Gasteiger charge is -2.41. The number of esters is 1. The number of carbonyl (C=O) groups is 1. The Labute approximate surface area is 300 Å². The van der Waals surface area contributed by atoms with E-state index in [4.69, 9.17) is 9.84 Å². The van der Waals surface area contributed by atoms with E-state index in [0.717, 1.165) is 19.3 Å². The zero-order valence-corrected chi connectivity index (χ0v) is 33.8. The molecular weight excluding hydrogens is 629 g/mol. The molecule has 0 radical (unpaired) electrons. The zero-order valence-electron chi connectivity index (χ0n) is 31.3. The van der Waals surface area contributed by atoms with Gasteiger partial charge in [-0.15, -0.1) is 35.3 Å². The molecule has 0 bridgehead atoms. The van der Waals surface area contributed by atoms with Crippen LogP contribution in [-0.4, -0.2) is 54.7 Å². The molecule has 0 spiro atoms. The van der Waals surface area contributed by atoms with Crippen LogP contribution in [0.25, 0.3) is 0 Å². The van der Waals surface area contributed by atoms with E-state index in [1.807, 2.05) is 0 Å². The van der Waals surface area contributed by atoms with Crippen LogP contribution in [0, 0.1) is 0 Å². The van der Waals surface area contributed by atoms with Crippen molar-refractivity contribution in [3.05, 3.63) is 0 Å². The Morgan fingerprint density at radius 1 is 0.565 bits per heavy atom. The van der Waals surface area contributed by atoms with Crippen molar-refractivity contribution in [2.75, 3.05) is 13.2 Å². The molecule has 0 aromatic rings. The summed E-state index contributed by atoms with van der Waals surface area (Å²) in [4.78, 5) is 12.5. The Morgan fingerprint density at radius 3 is 1.28 bits per heavy atom. The minimum absolute atomic E-state index is 0.108. The molecule has 0 saturated heterocycles. The van der Waals surface area contributed by atoms with Crippen molar-refractivity contribution in [1.82, 2.24) is 0 Å². The van der Waals surface area contributed by atoms with Gasteiger partial charge in [0.05, 0.1) is 6.61 Å². The molecule has 0 aliphatic heterocycles. The van der Waals surface area contributed by atoms with Gasteiger partial charge >= 0.3 is 5.97 Å². The SMILES string of the molecule is CCCCCC(CCCC)SC(CCCCC(=O)OCC(O)CO)(SC(CCCC)CCCCC)SC(CCCC)CCCCC. The van der Waals surface area contributed by atoms with Gasteiger partial charge in [0.15, 0.2) is 0 Å². The summed E-state index contributed by atoms with van der Waals surface area (Å²) < 4.78 is 5.36. The second-order valence-electron chi connectivity index (χ2n) is 13.5. The van der Waals surface area contributed by atoms with Gasteiger partial charge in [0.2, 0.25) is 0 Å². The normalized spacial score (nSPS) is 15.7. The van der Waals surface area contributed by atoms with Gasteiger partial charge in [0.25, 0.3) is 0 Å². The minimum atomic E-state index is -0.992. The molecule has 0 saturated carbocycles. The molecule has 2 N–H and O–H groups in total. The fraction of sp³-hybridized carbons (Fsp3) is 0.974. The lowest BCUT2D eigenvalue weighted by molar-refractivity contribution is -0.147. The molecule has 0 aromatic carbocycles. The molecule has 7 heteroatoms. The predicted octanol–water partition coefficient (Wildman–Crippen LogP) is 12.7. The molecule has 0 aromatic heterocycles. The first-order valence-corrected chi connectivity index (χ1v) is 22.4. The van der Waals surface area contributed by atoms with Crippen molar-refractivity contribution < 1.29 is 19.7 Å². The van der Waals surface area contributed by atoms with E-state index in [1.54, 1.807) is 0 Å².